The second-order valence-corrected chi connectivity index (χ2v) is 32.7. The summed E-state index contributed by atoms with van der Waals surface area (Å²) in [5, 5.41) is 22.6. The Kier molecular flexibility index (Phi) is 31.6. The van der Waals surface area contributed by atoms with Crippen molar-refractivity contribution in [1.82, 2.24) is 41.0 Å². The number of carbonyl (C=O) groups is 10. The van der Waals surface area contributed by atoms with Crippen LogP contribution < -0.4 is 52.8 Å². The van der Waals surface area contributed by atoms with Crippen LogP contribution in [0.5, 0.6) is 0 Å². The van der Waals surface area contributed by atoms with E-state index in [1.807, 2.05) is 80.4 Å². The van der Waals surface area contributed by atoms with Crippen LogP contribution >= 0.6 is 0 Å². The first kappa shape index (κ1) is 89.8. The van der Waals surface area contributed by atoms with Crippen LogP contribution in [0.3, 0.4) is 0 Å². The molecule has 9 amide bonds. The molecule has 0 bridgehead atoms. The first-order chi connectivity index (χ1) is 55.7. The molecular formula is C82H110N14O20S+2. The molecule has 1 fully saturated rings. The predicted octanol–water partition coefficient (Wildman–Crippen LogP) is 6.55. The highest BCUT2D eigenvalue weighted by atomic mass is 32.2. The number of sulfonamides is 1. The van der Waals surface area contributed by atoms with Gasteiger partial charge in [0.25, 0.3) is 15.6 Å². The predicted molar refractivity (Wildman–Crippen MR) is 435 cm³/mol. The van der Waals surface area contributed by atoms with Gasteiger partial charge in [-0.05, 0) is 116 Å². The summed E-state index contributed by atoms with van der Waals surface area (Å²) in [6.07, 6.45) is 0.711. The van der Waals surface area contributed by atoms with E-state index in [1.54, 1.807) is 73.9 Å². The van der Waals surface area contributed by atoms with Crippen molar-refractivity contribution in [2.24, 2.45) is 5.92 Å². The first-order valence-corrected chi connectivity index (χ1v) is 40.8. The minimum Gasteiger partial charge on any atom is -0.460 e. The van der Waals surface area contributed by atoms with Crippen molar-refractivity contribution in [3.8, 4) is 11.4 Å². The van der Waals surface area contributed by atoms with E-state index < -0.39 is 117 Å². The van der Waals surface area contributed by atoms with Gasteiger partial charge in [-0.1, -0.05) is 71.0 Å². The fraction of sp³-hybridized carbons (Fsp3) is 0.488. The molecule has 3 aliphatic heterocycles. The summed E-state index contributed by atoms with van der Waals surface area (Å²) in [6, 6.07) is 20.8. The molecule has 0 aliphatic carbocycles. The Balaban J connectivity index is 0.698. The molecule has 0 saturated carbocycles. The molecule has 9 N–H and O–H groups in total. The van der Waals surface area contributed by atoms with Gasteiger partial charge >= 0.3 is 42.0 Å². The maximum atomic E-state index is 14.6. The largest absolute Gasteiger partial charge is 0.460 e. The number of fused-ring (bicyclic) bond motifs is 5. The van der Waals surface area contributed by atoms with E-state index in [9.17, 15) is 61.2 Å². The number of pyridine rings is 2. The number of para-hydroxylation sites is 1. The van der Waals surface area contributed by atoms with Crippen LogP contribution in [0, 0.1) is 5.92 Å². The fourth-order valence-electron chi connectivity index (χ4n) is 13.5. The minimum absolute atomic E-state index is 0.0290. The third-order valence-corrected chi connectivity index (χ3v) is 21.1. The van der Waals surface area contributed by atoms with E-state index in [2.05, 4.69) is 47.3 Å². The summed E-state index contributed by atoms with van der Waals surface area (Å²) in [7, 11) is 7.39. The topological polar surface area (TPSA) is 416 Å². The van der Waals surface area contributed by atoms with Crippen LogP contribution in [0.15, 0.2) is 113 Å². The average molecular weight is 1640 g/mol. The number of rotatable bonds is 41. The van der Waals surface area contributed by atoms with Gasteiger partial charge in [-0.2, -0.15) is 0 Å². The SMILES string of the molecule is CCCNC(=O)Nc1cccc(S(=O)(=O)Nc2cccc([C@@H](CC(=O)OCC[N+](C)(C)C)NC(=O)Nc3ccc(NC(=O)NCCOCCOCCOCCC(=O)N[C@@H](CC(=O)OCC[N+](C)(C)C)C(=O)N4CCC[C@H]4C(=O)N[C@H](C(=O)O[C@]4(CC)C(=O)OCc5c4cc4n(c5=O)Cc5c-4nc4ccccc4c5CC)C(C)C)cc3)c2)c1. The lowest BCUT2D eigenvalue weighted by Gasteiger charge is -2.37. The van der Waals surface area contributed by atoms with Gasteiger partial charge in [0.05, 0.1) is 135 Å². The van der Waals surface area contributed by atoms with Gasteiger partial charge in [0, 0.05) is 65.3 Å². The van der Waals surface area contributed by atoms with Crippen molar-refractivity contribution in [3.05, 3.63) is 141 Å². The van der Waals surface area contributed by atoms with E-state index in [0.29, 0.717) is 76.2 Å². The second-order valence-electron chi connectivity index (χ2n) is 31.0. The number of esters is 4. The van der Waals surface area contributed by atoms with Crippen LogP contribution in [0.4, 0.5) is 37.1 Å². The highest BCUT2D eigenvalue weighted by Crippen LogP contribution is 2.43. The monoisotopic (exact) mass is 1640 g/mol. The number of nitrogens with one attached hydrogen (secondary N) is 9. The van der Waals surface area contributed by atoms with Crippen molar-refractivity contribution in [3.63, 3.8) is 0 Å². The number of likely N-dealkylation sites (N-methyl/N-ethyl adjacent to an activating group) is 2. The number of cyclic esters (lactones) is 1. The minimum atomic E-state index is -4.19. The van der Waals surface area contributed by atoms with Crippen LogP contribution in [0.1, 0.15) is 113 Å². The smallest absolute Gasteiger partial charge is 0.355 e. The Hall–Kier alpha value is -11.1. The van der Waals surface area contributed by atoms with Crippen molar-refractivity contribution < 1.29 is 98.5 Å². The van der Waals surface area contributed by atoms with E-state index in [1.165, 1.54) is 35.2 Å². The van der Waals surface area contributed by atoms with Gasteiger partial charge in [0.1, 0.15) is 51.0 Å². The molecule has 35 heteroatoms. The lowest BCUT2D eigenvalue weighted by atomic mass is 9.85. The summed E-state index contributed by atoms with van der Waals surface area (Å²) in [5.74, 6) is -5.94. The molecule has 632 valence electrons. The molecule has 3 aliphatic rings. The van der Waals surface area contributed by atoms with E-state index in [0.717, 1.165) is 22.0 Å². The molecule has 6 aromatic rings. The quantitative estimate of drug-likeness (QED) is 0.00849. The van der Waals surface area contributed by atoms with Gasteiger partial charge in [-0.3, -0.25) is 33.5 Å². The second kappa shape index (κ2) is 41.1. The zero-order valence-corrected chi connectivity index (χ0v) is 69.1. The highest BCUT2D eigenvalue weighted by molar-refractivity contribution is 7.92. The molecule has 0 spiro atoms. The molecule has 0 radical (unpaired) electrons. The number of nitrogens with zero attached hydrogens (tertiary/aromatic N) is 5. The normalized spacial score (nSPS) is 15.7. The van der Waals surface area contributed by atoms with Gasteiger partial charge in [0.2, 0.25) is 23.3 Å². The fourth-order valence-corrected chi connectivity index (χ4v) is 14.6. The maximum absolute atomic E-state index is 14.6. The number of amides is 9. The number of aromatic nitrogens is 2. The van der Waals surface area contributed by atoms with Gasteiger partial charge < -0.3 is 94.1 Å². The first-order valence-electron chi connectivity index (χ1n) is 39.3. The van der Waals surface area contributed by atoms with Crippen molar-refractivity contribution in [2.45, 2.75) is 134 Å². The molecule has 5 heterocycles. The third kappa shape index (κ3) is 25.0. The number of aryl methyl sites for hydroxylation is 1. The number of carbonyl (C=O) groups excluding carboxylic acids is 10. The summed E-state index contributed by atoms with van der Waals surface area (Å²) < 4.78 is 72.1. The Morgan fingerprint density at radius 1 is 0.650 bits per heavy atom. The highest BCUT2D eigenvalue weighted by Gasteiger charge is 2.52. The van der Waals surface area contributed by atoms with Crippen molar-refractivity contribution in [2.75, 3.05) is 149 Å². The molecule has 5 atom stereocenters. The van der Waals surface area contributed by atoms with E-state index >= 15 is 0 Å². The standard InChI is InChI=1S/C82H108N14O20S/c1-12-32-83-79(105)87-56-21-18-23-58(46-56)117(108,109)92-57-22-17-20-53(45-57)65(48-70(98)113-39-35-95(6,7)8)90-81(107)86-55-29-27-54(28-30-55)85-80(106)84-33-38-111-42-44-112-43-41-110-37-31-69(97)88-66(49-71(99)114-40-36-96(9,10)11)76(102)93-34-19-26-67(93)74(100)91-72(52(4)5)77(103)116-82(14-3)63-47-68-73-61(50-94(68)75(101)62(63)51-115-78(82)104)59(13-2)60-24-15-16-25-64(60)89-73/h15-18,20-25,27-30,45-47,52,65-67,72,92H,12-14,19,26,31-44,48-51H2,1-11H3,(H6-2,83,84,85,86,87,88,89,90,91,97,100,101,105,106,107)/p+2/t65-,66+,67+,72+,82+/m1/s1. The zero-order valence-electron chi connectivity index (χ0n) is 68.3. The molecule has 34 nitrogen and oxygen atoms in total. The number of ether oxygens (including phenoxy) is 7. The van der Waals surface area contributed by atoms with E-state index in [-0.39, 0.29) is 132 Å². The Morgan fingerprint density at radius 2 is 1.26 bits per heavy atom. The van der Waals surface area contributed by atoms with Crippen molar-refractivity contribution >= 4 is 103 Å². The molecule has 9 rings (SSSR count). The van der Waals surface area contributed by atoms with Crippen LogP contribution in [-0.2, 0) is 102 Å². The van der Waals surface area contributed by atoms with Crippen LogP contribution in [0.2, 0.25) is 0 Å². The lowest BCUT2D eigenvalue weighted by Crippen LogP contribution is -2.57. The number of likely N-dealkylation sites (tertiary alicyclic amines) is 1. The lowest BCUT2D eigenvalue weighted by molar-refractivity contribution is -0.870. The Morgan fingerprint density at radius 3 is 1.91 bits per heavy atom. The maximum Gasteiger partial charge on any atom is 0.355 e. The number of anilines is 4. The average Bonchev–Trinajstić information content (AvgIpc) is 1.61. The number of hydrogen-bond donors (Lipinski definition) is 9. The molecule has 1 saturated heterocycles. The number of quaternary nitrogens is 2. The van der Waals surface area contributed by atoms with Gasteiger partial charge in [-0.25, -0.2) is 37.4 Å². The zero-order chi connectivity index (χ0) is 84.8. The number of urea groups is 3. The summed E-state index contributed by atoms with van der Waals surface area (Å²) in [6.45, 7) is 11.2. The van der Waals surface area contributed by atoms with Gasteiger partial charge in [0.15, 0.2) is 0 Å². The number of hydrogen-bond acceptors (Lipinski definition) is 21. The van der Waals surface area contributed by atoms with Crippen LogP contribution in [0.25, 0.3) is 22.3 Å². The van der Waals surface area contributed by atoms with E-state index in [4.69, 9.17) is 38.1 Å². The summed E-state index contributed by atoms with van der Waals surface area (Å²) in [4.78, 5) is 157. The molecular weight excluding hydrogens is 1530 g/mol. The van der Waals surface area contributed by atoms with Gasteiger partial charge in [-0.15, -0.1) is 0 Å². The summed E-state index contributed by atoms with van der Waals surface area (Å²) >= 11 is 0. The Bertz CT molecular complexity index is 4760. The van der Waals surface area contributed by atoms with Crippen molar-refractivity contribution in [1.29, 1.82) is 0 Å². The molecule has 4 aromatic carbocycles. The Labute approximate surface area is 680 Å². The molecule has 0 unspecified atom stereocenters. The third-order valence-electron chi connectivity index (χ3n) is 19.7. The molecule has 2 aromatic heterocycles. The summed E-state index contributed by atoms with van der Waals surface area (Å²) in [5.41, 5.74) is 3.01. The van der Waals surface area contributed by atoms with Crippen LogP contribution in [-0.4, -0.2) is 238 Å². The molecule has 117 heavy (non-hydrogen) atoms. The number of benzene rings is 4.